The summed E-state index contributed by atoms with van der Waals surface area (Å²) >= 11 is 0. The molecule has 0 spiro atoms. The van der Waals surface area contributed by atoms with Gasteiger partial charge in [0.1, 0.15) is 10.6 Å². The standard InChI is InChI=1S/C23H32O5S/c1-2-3-4-5-6-7-8-9-10-14-19-15-13-18-22(23(19)29(25,26)27)28-21-17-12-11-16-20(21)24/h11-13,15-18,24H,2-10,14H2,1H3,(H,25,26,27). The van der Waals surface area contributed by atoms with E-state index in [9.17, 15) is 18.1 Å². The van der Waals surface area contributed by atoms with Crippen molar-refractivity contribution in [3.63, 3.8) is 0 Å². The van der Waals surface area contributed by atoms with Crippen molar-refractivity contribution in [2.24, 2.45) is 0 Å². The molecule has 0 aliphatic rings. The van der Waals surface area contributed by atoms with E-state index in [1.165, 1.54) is 56.7 Å². The van der Waals surface area contributed by atoms with Gasteiger partial charge in [-0.25, -0.2) is 0 Å². The van der Waals surface area contributed by atoms with Crippen molar-refractivity contribution < 1.29 is 22.8 Å². The normalized spacial score (nSPS) is 11.5. The van der Waals surface area contributed by atoms with Gasteiger partial charge in [0.15, 0.2) is 11.5 Å². The van der Waals surface area contributed by atoms with Crippen LogP contribution in [-0.4, -0.2) is 18.1 Å². The number of benzene rings is 2. The number of hydrogen-bond acceptors (Lipinski definition) is 4. The van der Waals surface area contributed by atoms with Gasteiger partial charge < -0.3 is 9.84 Å². The van der Waals surface area contributed by atoms with E-state index in [-0.39, 0.29) is 22.1 Å². The molecule has 2 aromatic rings. The minimum absolute atomic E-state index is 0.0161. The largest absolute Gasteiger partial charge is 0.504 e. The van der Waals surface area contributed by atoms with E-state index in [1.54, 1.807) is 24.3 Å². The molecule has 2 N–H and O–H groups in total. The molecule has 0 heterocycles. The number of rotatable bonds is 13. The molecule has 2 aromatic carbocycles. The van der Waals surface area contributed by atoms with Gasteiger partial charge in [0, 0.05) is 0 Å². The molecule has 6 heteroatoms. The number of hydrogen-bond donors (Lipinski definition) is 2. The summed E-state index contributed by atoms with van der Waals surface area (Å²) in [5, 5.41) is 9.89. The predicted molar refractivity (Wildman–Crippen MR) is 115 cm³/mol. The summed E-state index contributed by atoms with van der Waals surface area (Å²) in [7, 11) is -4.46. The number of phenols is 1. The van der Waals surface area contributed by atoms with Crippen molar-refractivity contribution in [1.29, 1.82) is 0 Å². The molecular weight excluding hydrogens is 388 g/mol. The maximum atomic E-state index is 12.0. The van der Waals surface area contributed by atoms with Crippen molar-refractivity contribution in [3.05, 3.63) is 48.0 Å². The quantitative estimate of drug-likeness (QED) is 0.285. The highest BCUT2D eigenvalue weighted by Gasteiger charge is 2.22. The Bertz CT molecular complexity index is 861. The van der Waals surface area contributed by atoms with Gasteiger partial charge in [-0.3, -0.25) is 4.55 Å². The van der Waals surface area contributed by atoms with Crippen LogP contribution in [0.25, 0.3) is 0 Å². The molecule has 0 aromatic heterocycles. The van der Waals surface area contributed by atoms with E-state index >= 15 is 0 Å². The lowest BCUT2D eigenvalue weighted by molar-refractivity contribution is 0.401. The zero-order valence-corrected chi connectivity index (χ0v) is 18.0. The monoisotopic (exact) mass is 420 g/mol. The number of ether oxygens (including phenoxy) is 1. The van der Waals surface area contributed by atoms with E-state index in [4.69, 9.17) is 4.74 Å². The summed E-state index contributed by atoms with van der Waals surface area (Å²) < 4.78 is 39.4. The van der Waals surface area contributed by atoms with Crippen LogP contribution in [-0.2, 0) is 16.5 Å². The van der Waals surface area contributed by atoms with Gasteiger partial charge >= 0.3 is 0 Å². The van der Waals surface area contributed by atoms with Crippen LogP contribution in [0.2, 0.25) is 0 Å². The SMILES string of the molecule is CCCCCCCCCCCc1cccc(Oc2ccccc2O)c1S(=O)(=O)O. The smallest absolute Gasteiger partial charge is 0.298 e. The third-order valence-corrected chi connectivity index (χ3v) is 5.93. The topological polar surface area (TPSA) is 83.8 Å². The van der Waals surface area contributed by atoms with E-state index in [0.29, 0.717) is 12.0 Å². The number of unbranched alkanes of at least 4 members (excludes halogenated alkanes) is 8. The fraction of sp³-hybridized carbons (Fsp3) is 0.478. The average Bonchev–Trinajstić information content (AvgIpc) is 2.67. The van der Waals surface area contributed by atoms with Crippen molar-refractivity contribution in [3.8, 4) is 17.2 Å². The summed E-state index contributed by atoms with van der Waals surface area (Å²) in [4.78, 5) is -0.220. The van der Waals surface area contributed by atoms with Crippen molar-refractivity contribution in [2.45, 2.75) is 76.0 Å². The minimum Gasteiger partial charge on any atom is -0.504 e. The van der Waals surface area contributed by atoms with Crippen LogP contribution in [0.15, 0.2) is 47.4 Å². The molecule has 0 saturated heterocycles. The first-order valence-corrected chi connectivity index (χ1v) is 11.9. The Morgan fingerprint density at radius 3 is 2.00 bits per heavy atom. The summed E-state index contributed by atoms with van der Waals surface area (Å²) in [6.45, 7) is 2.21. The Morgan fingerprint density at radius 2 is 1.38 bits per heavy atom. The Morgan fingerprint density at radius 1 is 0.793 bits per heavy atom. The minimum atomic E-state index is -4.46. The van der Waals surface area contributed by atoms with Crippen LogP contribution < -0.4 is 4.74 Å². The molecule has 5 nitrogen and oxygen atoms in total. The molecule has 0 bridgehead atoms. The lowest BCUT2D eigenvalue weighted by Crippen LogP contribution is -2.06. The molecule has 0 saturated carbocycles. The van der Waals surface area contributed by atoms with Crippen LogP contribution in [0.5, 0.6) is 17.2 Å². The van der Waals surface area contributed by atoms with Crippen molar-refractivity contribution >= 4 is 10.1 Å². The number of aryl methyl sites for hydroxylation is 1. The molecular formula is C23H32O5S. The number of phenolic OH excluding ortho intramolecular Hbond substituents is 1. The third kappa shape index (κ3) is 7.71. The number of para-hydroxylation sites is 2. The van der Waals surface area contributed by atoms with Crippen LogP contribution in [0.3, 0.4) is 0 Å². The van der Waals surface area contributed by atoms with Gasteiger partial charge in [-0.1, -0.05) is 82.6 Å². The molecule has 160 valence electrons. The summed E-state index contributed by atoms with van der Waals surface area (Å²) in [5.74, 6) is 0.0539. The Balaban J connectivity index is 1.99. The summed E-state index contributed by atoms with van der Waals surface area (Å²) in [6, 6.07) is 11.2. The van der Waals surface area contributed by atoms with Gasteiger partial charge in [-0.15, -0.1) is 0 Å². The molecule has 0 aliphatic heterocycles. The zero-order chi connectivity index (χ0) is 21.1. The second kappa shape index (κ2) is 11.8. The van der Waals surface area contributed by atoms with Gasteiger partial charge in [-0.2, -0.15) is 8.42 Å². The van der Waals surface area contributed by atoms with Crippen LogP contribution in [0.4, 0.5) is 0 Å². The molecule has 0 amide bonds. The first-order valence-electron chi connectivity index (χ1n) is 10.5. The summed E-state index contributed by atoms with van der Waals surface area (Å²) in [5.41, 5.74) is 0.531. The lowest BCUT2D eigenvalue weighted by Gasteiger charge is -2.14. The molecule has 0 unspecified atom stereocenters. The fourth-order valence-electron chi connectivity index (χ4n) is 3.42. The van der Waals surface area contributed by atoms with Gasteiger partial charge in [0.05, 0.1) is 0 Å². The average molecular weight is 421 g/mol. The van der Waals surface area contributed by atoms with Crippen molar-refractivity contribution in [1.82, 2.24) is 0 Å². The van der Waals surface area contributed by atoms with Gasteiger partial charge in [0.2, 0.25) is 0 Å². The Hall–Kier alpha value is -2.05. The van der Waals surface area contributed by atoms with E-state index in [1.807, 2.05) is 0 Å². The zero-order valence-electron chi connectivity index (χ0n) is 17.1. The molecule has 0 atom stereocenters. The van der Waals surface area contributed by atoms with E-state index in [0.717, 1.165) is 19.3 Å². The molecule has 2 rings (SSSR count). The molecule has 0 fully saturated rings. The summed E-state index contributed by atoms with van der Waals surface area (Å²) in [6.07, 6.45) is 11.1. The second-order valence-electron chi connectivity index (χ2n) is 7.37. The van der Waals surface area contributed by atoms with Crippen molar-refractivity contribution in [2.75, 3.05) is 0 Å². The highest BCUT2D eigenvalue weighted by Crippen LogP contribution is 2.35. The fourth-order valence-corrected chi connectivity index (χ4v) is 4.28. The maximum Gasteiger partial charge on any atom is 0.298 e. The second-order valence-corrected chi connectivity index (χ2v) is 8.73. The van der Waals surface area contributed by atoms with Gasteiger partial charge in [-0.05, 0) is 36.6 Å². The third-order valence-electron chi connectivity index (χ3n) is 4.95. The number of aromatic hydroxyl groups is 1. The molecule has 29 heavy (non-hydrogen) atoms. The Labute approximate surface area is 174 Å². The molecule has 0 aliphatic carbocycles. The van der Waals surface area contributed by atoms with E-state index in [2.05, 4.69) is 6.92 Å². The van der Waals surface area contributed by atoms with Crippen LogP contribution in [0.1, 0.15) is 70.3 Å². The lowest BCUT2D eigenvalue weighted by atomic mass is 10.0. The Kier molecular flexibility index (Phi) is 9.48. The first kappa shape index (κ1) is 23.2. The van der Waals surface area contributed by atoms with Crippen LogP contribution in [0, 0.1) is 0 Å². The van der Waals surface area contributed by atoms with Crippen LogP contribution >= 0.6 is 0 Å². The van der Waals surface area contributed by atoms with Gasteiger partial charge in [0.25, 0.3) is 10.1 Å². The maximum absolute atomic E-state index is 12.0. The highest BCUT2D eigenvalue weighted by atomic mass is 32.2. The molecule has 0 radical (unpaired) electrons. The van der Waals surface area contributed by atoms with E-state index < -0.39 is 10.1 Å². The first-order chi connectivity index (χ1) is 13.9. The highest BCUT2D eigenvalue weighted by molar-refractivity contribution is 7.86. The predicted octanol–water partition coefficient (Wildman–Crippen LogP) is 6.50.